The first-order valence-electron chi connectivity index (χ1n) is 6.30. The average Bonchev–Trinajstić information content (AvgIpc) is 2.66. The summed E-state index contributed by atoms with van der Waals surface area (Å²) in [4.78, 5) is 11.5. The van der Waals surface area contributed by atoms with E-state index >= 15 is 0 Å². The van der Waals surface area contributed by atoms with Crippen molar-refractivity contribution in [1.29, 1.82) is 0 Å². The molecule has 2 unspecified atom stereocenters. The number of ether oxygens (including phenoxy) is 1. The molecular weight excluding hydrogens is 232 g/mol. The quantitative estimate of drug-likeness (QED) is 0.788. The second-order valence-electron chi connectivity index (χ2n) is 4.52. The van der Waals surface area contributed by atoms with E-state index in [0.717, 1.165) is 17.0 Å². The lowest BCUT2D eigenvalue weighted by Gasteiger charge is -2.16. The Hall–Kier alpha value is -1.36. The van der Waals surface area contributed by atoms with Gasteiger partial charge in [0.05, 0.1) is 18.2 Å². The molecule has 0 spiro atoms. The number of hydrogen-bond donors (Lipinski definition) is 1. The van der Waals surface area contributed by atoms with Gasteiger partial charge in [0, 0.05) is 18.2 Å². The summed E-state index contributed by atoms with van der Waals surface area (Å²) in [7, 11) is 0. The zero-order chi connectivity index (χ0) is 13.7. The van der Waals surface area contributed by atoms with E-state index in [0.29, 0.717) is 13.2 Å². The van der Waals surface area contributed by atoms with Crippen LogP contribution in [0.25, 0.3) is 0 Å². The van der Waals surface area contributed by atoms with E-state index in [1.54, 1.807) is 0 Å². The van der Waals surface area contributed by atoms with Gasteiger partial charge in [-0.05, 0) is 27.7 Å². The fraction of sp³-hybridized carbons (Fsp3) is 0.692. The number of aromatic nitrogens is 1. The van der Waals surface area contributed by atoms with Crippen LogP contribution >= 0.6 is 0 Å². The van der Waals surface area contributed by atoms with Crippen molar-refractivity contribution in [1.82, 2.24) is 10.5 Å². The first-order valence-corrected chi connectivity index (χ1v) is 6.30. The van der Waals surface area contributed by atoms with Crippen LogP contribution in [0.1, 0.15) is 43.8 Å². The van der Waals surface area contributed by atoms with Crippen molar-refractivity contribution in [3.05, 3.63) is 17.0 Å². The molecule has 0 fully saturated rings. The van der Waals surface area contributed by atoms with Gasteiger partial charge in [-0.1, -0.05) is 12.1 Å². The summed E-state index contributed by atoms with van der Waals surface area (Å²) < 4.78 is 10.1. The summed E-state index contributed by atoms with van der Waals surface area (Å²) >= 11 is 0. The summed E-state index contributed by atoms with van der Waals surface area (Å²) in [5, 5.41) is 7.23. The van der Waals surface area contributed by atoms with Crippen LogP contribution in [0, 0.1) is 19.8 Å². The van der Waals surface area contributed by atoms with Crippen LogP contribution in [0.15, 0.2) is 4.52 Å². The zero-order valence-electron chi connectivity index (χ0n) is 11.7. The molecule has 0 saturated heterocycles. The van der Waals surface area contributed by atoms with Crippen LogP contribution in [-0.4, -0.2) is 24.3 Å². The number of rotatable bonds is 6. The highest BCUT2D eigenvalue weighted by molar-refractivity contribution is 5.72. The number of nitrogens with one attached hydrogen (secondary N) is 1. The van der Waals surface area contributed by atoms with Gasteiger partial charge in [-0.3, -0.25) is 4.79 Å². The van der Waals surface area contributed by atoms with Crippen molar-refractivity contribution in [2.75, 3.05) is 13.2 Å². The van der Waals surface area contributed by atoms with Crippen molar-refractivity contribution < 1.29 is 14.1 Å². The molecule has 0 bridgehead atoms. The minimum absolute atomic E-state index is 0.105. The van der Waals surface area contributed by atoms with Gasteiger partial charge in [-0.2, -0.15) is 0 Å². The Morgan fingerprint density at radius 3 is 2.61 bits per heavy atom. The van der Waals surface area contributed by atoms with Gasteiger partial charge in [0.1, 0.15) is 5.76 Å². The predicted octanol–water partition coefficient (Wildman–Crippen LogP) is 2.14. The highest BCUT2D eigenvalue weighted by atomic mass is 16.5. The summed E-state index contributed by atoms with van der Waals surface area (Å²) in [6.07, 6.45) is 0. The van der Waals surface area contributed by atoms with Crippen LogP contribution in [0.5, 0.6) is 0 Å². The molecule has 1 N–H and O–H groups in total. The maximum atomic E-state index is 11.5. The smallest absolute Gasteiger partial charge is 0.309 e. The highest BCUT2D eigenvalue weighted by Crippen LogP contribution is 2.20. The molecular formula is C13H22N2O3. The fourth-order valence-corrected chi connectivity index (χ4v) is 1.93. The van der Waals surface area contributed by atoms with Crippen molar-refractivity contribution in [2.45, 2.75) is 40.7 Å². The number of esters is 1. The van der Waals surface area contributed by atoms with Gasteiger partial charge in [-0.15, -0.1) is 0 Å². The van der Waals surface area contributed by atoms with Gasteiger partial charge in [0.2, 0.25) is 0 Å². The summed E-state index contributed by atoms with van der Waals surface area (Å²) in [6.45, 7) is 10.5. The predicted molar refractivity (Wildman–Crippen MR) is 68.2 cm³/mol. The number of carbonyl (C=O) groups is 1. The third kappa shape index (κ3) is 3.57. The average molecular weight is 254 g/mol. The van der Waals surface area contributed by atoms with Gasteiger partial charge >= 0.3 is 5.97 Å². The molecule has 0 radical (unpaired) electrons. The van der Waals surface area contributed by atoms with Crippen molar-refractivity contribution >= 4 is 5.97 Å². The molecule has 0 saturated carbocycles. The maximum absolute atomic E-state index is 11.5. The molecule has 0 aliphatic heterocycles. The monoisotopic (exact) mass is 254 g/mol. The molecule has 1 aromatic rings. The zero-order valence-corrected chi connectivity index (χ0v) is 11.7. The molecule has 5 nitrogen and oxygen atoms in total. The first kappa shape index (κ1) is 14.7. The number of nitrogens with zero attached hydrogens (tertiary/aromatic N) is 1. The molecule has 102 valence electrons. The SMILES string of the molecule is CCOC(=O)C(C)CNC(C)c1c(C)noc1C. The largest absolute Gasteiger partial charge is 0.466 e. The second-order valence-corrected chi connectivity index (χ2v) is 4.52. The van der Waals surface area contributed by atoms with Crippen LogP contribution in [-0.2, 0) is 9.53 Å². The van der Waals surface area contributed by atoms with Gasteiger partial charge in [-0.25, -0.2) is 0 Å². The Morgan fingerprint density at radius 1 is 1.44 bits per heavy atom. The van der Waals surface area contributed by atoms with Crippen molar-refractivity contribution in [2.24, 2.45) is 5.92 Å². The maximum Gasteiger partial charge on any atom is 0.309 e. The van der Waals surface area contributed by atoms with Crippen LogP contribution < -0.4 is 5.32 Å². The standard InChI is InChI=1S/C13H22N2O3/c1-6-17-13(16)8(2)7-14-9(3)12-10(4)15-18-11(12)5/h8-9,14H,6-7H2,1-5H3. The summed E-state index contributed by atoms with van der Waals surface area (Å²) in [6, 6.07) is 0.105. The van der Waals surface area contributed by atoms with E-state index in [1.165, 1.54) is 0 Å². The molecule has 1 aromatic heterocycles. The molecule has 18 heavy (non-hydrogen) atoms. The molecule has 1 heterocycles. The first-order chi connectivity index (χ1) is 8.47. The summed E-state index contributed by atoms with van der Waals surface area (Å²) in [5.41, 5.74) is 1.95. The van der Waals surface area contributed by atoms with Gasteiger partial charge < -0.3 is 14.6 Å². The number of aryl methyl sites for hydroxylation is 2. The van der Waals surface area contributed by atoms with Crippen LogP contribution in [0.3, 0.4) is 0 Å². The van der Waals surface area contributed by atoms with E-state index in [1.807, 2.05) is 34.6 Å². The molecule has 0 aliphatic carbocycles. The Balaban J connectivity index is 2.51. The molecule has 5 heteroatoms. The van der Waals surface area contributed by atoms with Crippen LogP contribution in [0.4, 0.5) is 0 Å². The molecule has 0 amide bonds. The van der Waals surface area contributed by atoms with E-state index in [-0.39, 0.29) is 17.9 Å². The topological polar surface area (TPSA) is 64.4 Å². The molecule has 0 aromatic carbocycles. The van der Waals surface area contributed by atoms with Crippen molar-refractivity contribution in [3.63, 3.8) is 0 Å². The Kier molecular flexibility index (Phi) is 5.34. The highest BCUT2D eigenvalue weighted by Gasteiger charge is 2.19. The van der Waals surface area contributed by atoms with Crippen molar-refractivity contribution in [3.8, 4) is 0 Å². The van der Waals surface area contributed by atoms with E-state index < -0.39 is 0 Å². The van der Waals surface area contributed by atoms with Crippen LogP contribution in [0.2, 0.25) is 0 Å². The molecule has 1 rings (SSSR count). The molecule has 2 atom stereocenters. The number of hydrogen-bond acceptors (Lipinski definition) is 5. The lowest BCUT2D eigenvalue weighted by molar-refractivity contribution is -0.147. The molecule has 0 aliphatic rings. The van der Waals surface area contributed by atoms with Gasteiger partial charge in [0.25, 0.3) is 0 Å². The Bertz CT molecular complexity index is 381. The number of carbonyl (C=O) groups excluding carboxylic acids is 1. The second kappa shape index (κ2) is 6.54. The fourth-order valence-electron chi connectivity index (χ4n) is 1.93. The van der Waals surface area contributed by atoms with Gasteiger partial charge in [0.15, 0.2) is 0 Å². The Morgan fingerprint density at radius 2 is 2.11 bits per heavy atom. The van der Waals surface area contributed by atoms with E-state index in [4.69, 9.17) is 9.26 Å². The van der Waals surface area contributed by atoms with E-state index in [2.05, 4.69) is 10.5 Å². The lowest BCUT2D eigenvalue weighted by Crippen LogP contribution is -2.30. The third-order valence-electron chi connectivity index (χ3n) is 2.94. The normalized spacial score (nSPS) is 14.3. The Labute approximate surface area is 108 Å². The minimum Gasteiger partial charge on any atom is -0.466 e. The lowest BCUT2D eigenvalue weighted by atomic mass is 10.1. The minimum atomic E-state index is -0.170. The third-order valence-corrected chi connectivity index (χ3v) is 2.94. The van der Waals surface area contributed by atoms with E-state index in [9.17, 15) is 4.79 Å². The summed E-state index contributed by atoms with van der Waals surface area (Å²) in [5.74, 6) is 0.486.